The maximum absolute atomic E-state index is 14.1. The quantitative estimate of drug-likeness (QED) is 0.337. The summed E-state index contributed by atoms with van der Waals surface area (Å²) in [7, 11) is -1.56. The molecule has 2 aromatic rings. The second kappa shape index (κ2) is 10.4. The molecular formula is C21H29FIN3O2S. The number of sulfone groups is 1. The molecule has 0 radical (unpaired) electrons. The highest BCUT2D eigenvalue weighted by Crippen LogP contribution is 2.24. The molecule has 0 spiro atoms. The Balaban J connectivity index is 0.00000420. The van der Waals surface area contributed by atoms with Crippen molar-refractivity contribution in [1.82, 2.24) is 10.6 Å². The van der Waals surface area contributed by atoms with E-state index in [2.05, 4.69) is 15.6 Å². The molecule has 0 amide bonds. The van der Waals surface area contributed by atoms with Crippen LogP contribution in [0.1, 0.15) is 30.5 Å². The lowest BCUT2D eigenvalue weighted by Gasteiger charge is -2.27. The van der Waals surface area contributed by atoms with Crippen LogP contribution in [-0.2, 0) is 21.8 Å². The zero-order valence-corrected chi connectivity index (χ0v) is 20.6. The highest BCUT2D eigenvalue weighted by molar-refractivity contribution is 14.0. The van der Waals surface area contributed by atoms with E-state index in [1.54, 1.807) is 38.2 Å². The van der Waals surface area contributed by atoms with Crippen molar-refractivity contribution in [2.75, 3.05) is 19.8 Å². The van der Waals surface area contributed by atoms with E-state index < -0.39 is 15.3 Å². The lowest BCUT2D eigenvalue weighted by molar-refractivity contribution is 0.473. The first-order valence-electron chi connectivity index (χ1n) is 9.04. The Morgan fingerprint density at radius 1 is 1.14 bits per heavy atom. The molecule has 0 saturated carbocycles. The topological polar surface area (TPSA) is 70.6 Å². The molecule has 2 N–H and O–H groups in total. The van der Waals surface area contributed by atoms with Gasteiger partial charge in [0.1, 0.15) is 5.82 Å². The number of aryl methyl sites for hydroxylation is 1. The zero-order valence-electron chi connectivity index (χ0n) is 17.4. The SMILES string of the molecule is CN=C(NCc1ccc(S(C)(=O)=O)c(C)c1)NCC(C)(C)c1ccccc1F.I. The summed E-state index contributed by atoms with van der Waals surface area (Å²) >= 11 is 0. The Morgan fingerprint density at radius 2 is 1.79 bits per heavy atom. The van der Waals surface area contributed by atoms with E-state index in [0.29, 0.717) is 35.1 Å². The average Bonchev–Trinajstić information content (AvgIpc) is 2.61. The Labute approximate surface area is 190 Å². The van der Waals surface area contributed by atoms with E-state index in [0.717, 1.165) is 5.56 Å². The van der Waals surface area contributed by atoms with Gasteiger partial charge in [0.25, 0.3) is 0 Å². The van der Waals surface area contributed by atoms with Gasteiger partial charge in [0.05, 0.1) is 4.90 Å². The highest BCUT2D eigenvalue weighted by atomic mass is 127. The fourth-order valence-electron chi connectivity index (χ4n) is 3.05. The van der Waals surface area contributed by atoms with Crippen LogP contribution in [0.2, 0.25) is 0 Å². The van der Waals surface area contributed by atoms with E-state index in [9.17, 15) is 12.8 Å². The maximum Gasteiger partial charge on any atom is 0.191 e. The molecule has 29 heavy (non-hydrogen) atoms. The van der Waals surface area contributed by atoms with Crippen molar-refractivity contribution >= 4 is 39.8 Å². The number of aliphatic imine (C=N–C) groups is 1. The molecule has 0 aromatic heterocycles. The Bertz CT molecular complexity index is 976. The van der Waals surface area contributed by atoms with Crippen LogP contribution >= 0.6 is 24.0 Å². The Hall–Kier alpha value is -1.68. The summed E-state index contributed by atoms with van der Waals surface area (Å²) in [5, 5.41) is 6.44. The molecule has 0 fully saturated rings. The number of halogens is 2. The first-order valence-corrected chi connectivity index (χ1v) is 10.9. The molecular weight excluding hydrogens is 504 g/mol. The molecule has 2 aromatic carbocycles. The molecule has 0 aliphatic heterocycles. The van der Waals surface area contributed by atoms with Crippen LogP contribution in [0.15, 0.2) is 52.4 Å². The lowest BCUT2D eigenvalue weighted by atomic mass is 9.84. The fraction of sp³-hybridized carbons (Fsp3) is 0.381. The van der Waals surface area contributed by atoms with Crippen LogP contribution in [0.4, 0.5) is 4.39 Å². The van der Waals surface area contributed by atoms with Crippen molar-refractivity contribution in [2.24, 2.45) is 4.99 Å². The summed E-state index contributed by atoms with van der Waals surface area (Å²) in [6.45, 7) is 6.71. The standard InChI is InChI=1S/C21H28FN3O2S.HI/c1-15-12-16(10-11-19(15)28(5,26)27)13-24-20(23-4)25-14-21(2,3)17-8-6-7-9-18(17)22;/h6-12H,13-14H2,1-5H3,(H2,23,24,25);1H. The first-order chi connectivity index (χ1) is 13.0. The van der Waals surface area contributed by atoms with Crippen LogP contribution in [0.5, 0.6) is 0 Å². The van der Waals surface area contributed by atoms with Gasteiger partial charge in [-0.05, 0) is 35.7 Å². The molecule has 160 valence electrons. The van der Waals surface area contributed by atoms with Gasteiger partial charge in [0, 0.05) is 31.8 Å². The summed E-state index contributed by atoms with van der Waals surface area (Å²) in [6.07, 6.45) is 1.20. The number of nitrogens with zero attached hydrogens (tertiary/aromatic N) is 1. The first kappa shape index (κ1) is 25.4. The summed E-state index contributed by atoms with van der Waals surface area (Å²) in [5.74, 6) is 0.368. The molecule has 0 heterocycles. The van der Waals surface area contributed by atoms with Gasteiger partial charge < -0.3 is 10.6 Å². The predicted molar refractivity (Wildman–Crippen MR) is 127 cm³/mol. The van der Waals surface area contributed by atoms with Crippen molar-refractivity contribution in [3.8, 4) is 0 Å². The van der Waals surface area contributed by atoms with Gasteiger partial charge in [0.15, 0.2) is 15.8 Å². The van der Waals surface area contributed by atoms with Crippen LogP contribution in [0, 0.1) is 12.7 Å². The van der Waals surface area contributed by atoms with Crippen LogP contribution in [0.25, 0.3) is 0 Å². The van der Waals surface area contributed by atoms with Crippen LogP contribution < -0.4 is 10.6 Å². The number of hydrogen-bond acceptors (Lipinski definition) is 3. The number of nitrogens with one attached hydrogen (secondary N) is 2. The van der Waals surface area contributed by atoms with E-state index in [1.807, 2.05) is 26.0 Å². The normalized spacial score (nSPS) is 12.3. The van der Waals surface area contributed by atoms with Crippen molar-refractivity contribution in [3.05, 3.63) is 65.0 Å². The second-order valence-electron chi connectivity index (χ2n) is 7.52. The van der Waals surface area contributed by atoms with Gasteiger partial charge in [-0.3, -0.25) is 4.99 Å². The average molecular weight is 533 g/mol. The van der Waals surface area contributed by atoms with Crippen LogP contribution in [-0.4, -0.2) is 34.2 Å². The second-order valence-corrected chi connectivity index (χ2v) is 9.50. The van der Waals surface area contributed by atoms with E-state index in [1.165, 1.54) is 12.3 Å². The molecule has 2 rings (SSSR count). The molecule has 0 bridgehead atoms. The Kier molecular flexibility index (Phi) is 9.08. The largest absolute Gasteiger partial charge is 0.356 e. The molecule has 0 unspecified atom stereocenters. The summed E-state index contributed by atoms with van der Waals surface area (Å²) < 4.78 is 37.6. The minimum atomic E-state index is -3.23. The van der Waals surface area contributed by atoms with Crippen molar-refractivity contribution < 1.29 is 12.8 Å². The van der Waals surface area contributed by atoms with E-state index >= 15 is 0 Å². The van der Waals surface area contributed by atoms with Gasteiger partial charge in [-0.2, -0.15) is 0 Å². The van der Waals surface area contributed by atoms with Gasteiger partial charge in [-0.1, -0.05) is 44.2 Å². The van der Waals surface area contributed by atoms with Crippen molar-refractivity contribution in [1.29, 1.82) is 0 Å². The molecule has 0 aliphatic rings. The lowest BCUT2D eigenvalue weighted by Crippen LogP contribution is -2.43. The summed E-state index contributed by atoms with van der Waals surface area (Å²) in [5.41, 5.74) is 1.88. The monoisotopic (exact) mass is 533 g/mol. The minimum Gasteiger partial charge on any atom is -0.356 e. The molecule has 0 atom stereocenters. The van der Waals surface area contributed by atoms with Crippen molar-refractivity contribution in [3.63, 3.8) is 0 Å². The Morgan fingerprint density at radius 3 is 2.34 bits per heavy atom. The number of hydrogen-bond donors (Lipinski definition) is 2. The minimum absolute atomic E-state index is 0. The van der Waals surface area contributed by atoms with E-state index in [-0.39, 0.29) is 29.8 Å². The fourth-order valence-corrected chi connectivity index (χ4v) is 4.01. The third-order valence-corrected chi connectivity index (χ3v) is 5.88. The number of rotatable bonds is 6. The number of guanidine groups is 1. The van der Waals surface area contributed by atoms with Gasteiger partial charge in [-0.25, -0.2) is 12.8 Å². The highest BCUT2D eigenvalue weighted by Gasteiger charge is 2.24. The van der Waals surface area contributed by atoms with Crippen LogP contribution in [0.3, 0.4) is 0 Å². The summed E-state index contributed by atoms with van der Waals surface area (Å²) in [6, 6.07) is 12.0. The molecule has 8 heteroatoms. The van der Waals surface area contributed by atoms with E-state index in [4.69, 9.17) is 0 Å². The van der Waals surface area contributed by atoms with Gasteiger partial charge in [-0.15, -0.1) is 24.0 Å². The van der Waals surface area contributed by atoms with Gasteiger partial charge in [0.2, 0.25) is 0 Å². The summed E-state index contributed by atoms with van der Waals surface area (Å²) in [4.78, 5) is 4.54. The van der Waals surface area contributed by atoms with Crippen molar-refractivity contribution in [2.45, 2.75) is 37.6 Å². The molecule has 0 saturated heterocycles. The zero-order chi connectivity index (χ0) is 20.9. The predicted octanol–water partition coefficient (Wildman–Crippen LogP) is 3.80. The third kappa shape index (κ3) is 6.95. The number of benzene rings is 2. The molecule has 5 nitrogen and oxygen atoms in total. The third-order valence-electron chi connectivity index (χ3n) is 4.62. The smallest absolute Gasteiger partial charge is 0.191 e. The molecule has 0 aliphatic carbocycles. The van der Waals surface area contributed by atoms with Gasteiger partial charge >= 0.3 is 0 Å². The maximum atomic E-state index is 14.1.